The lowest BCUT2D eigenvalue weighted by Crippen LogP contribution is -2.46. The number of unbranched alkanes of at least 4 members (excludes halogenated alkanes) is 1. The zero-order valence-corrected chi connectivity index (χ0v) is 29.0. The first kappa shape index (κ1) is 38.2. The summed E-state index contributed by atoms with van der Waals surface area (Å²) >= 11 is 0. The molecule has 49 heavy (non-hydrogen) atoms. The van der Waals surface area contributed by atoms with Gasteiger partial charge in [0.25, 0.3) is 11.8 Å². The van der Waals surface area contributed by atoms with E-state index in [0.29, 0.717) is 19.4 Å². The van der Waals surface area contributed by atoms with Gasteiger partial charge in [-0.25, -0.2) is 19.4 Å². The average molecular weight is 678 g/mol. The lowest BCUT2D eigenvalue weighted by atomic mass is 10.1. The van der Waals surface area contributed by atoms with Crippen molar-refractivity contribution < 1.29 is 38.2 Å². The Morgan fingerprint density at radius 1 is 0.735 bits per heavy atom. The van der Waals surface area contributed by atoms with Crippen LogP contribution in [0.5, 0.6) is 0 Å². The first-order valence-corrected chi connectivity index (χ1v) is 16.2. The molecule has 13 nitrogen and oxygen atoms in total. The van der Waals surface area contributed by atoms with Gasteiger partial charge in [-0.3, -0.25) is 9.59 Å². The van der Waals surface area contributed by atoms with Crippen molar-refractivity contribution in [3.8, 4) is 0 Å². The fraction of sp³-hybridized carbons (Fsp3) is 0.444. The fourth-order valence-corrected chi connectivity index (χ4v) is 4.57. The summed E-state index contributed by atoms with van der Waals surface area (Å²) in [5, 5.41) is 7.98. The summed E-state index contributed by atoms with van der Waals surface area (Å²) in [4.78, 5) is 71.9. The predicted molar refractivity (Wildman–Crippen MR) is 181 cm³/mol. The number of carbonyl (C=O) groups is 5. The van der Waals surface area contributed by atoms with Crippen molar-refractivity contribution >= 4 is 29.8 Å². The molecule has 0 radical (unpaired) electrons. The maximum absolute atomic E-state index is 13.5. The van der Waals surface area contributed by atoms with E-state index in [0.717, 1.165) is 11.1 Å². The number of imidazole rings is 1. The molecule has 3 rings (SSSR count). The van der Waals surface area contributed by atoms with Gasteiger partial charge >= 0.3 is 18.0 Å². The molecule has 0 saturated carbocycles. The van der Waals surface area contributed by atoms with E-state index in [4.69, 9.17) is 14.2 Å². The number of rotatable bonds is 15. The maximum atomic E-state index is 13.5. The number of aromatic nitrogens is 2. The summed E-state index contributed by atoms with van der Waals surface area (Å²) in [5.41, 5.74) is -0.353. The Kier molecular flexibility index (Phi) is 13.9. The van der Waals surface area contributed by atoms with Gasteiger partial charge in [-0.15, -0.1) is 0 Å². The van der Waals surface area contributed by atoms with Gasteiger partial charge in [0.15, 0.2) is 5.69 Å². The number of H-pyrrole nitrogens is 1. The zero-order chi connectivity index (χ0) is 36.0. The van der Waals surface area contributed by atoms with Crippen molar-refractivity contribution in [1.82, 2.24) is 25.9 Å². The van der Waals surface area contributed by atoms with Crippen LogP contribution in [0.2, 0.25) is 0 Å². The third-order valence-corrected chi connectivity index (χ3v) is 6.76. The van der Waals surface area contributed by atoms with Gasteiger partial charge in [0.1, 0.15) is 35.6 Å². The van der Waals surface area contributed by atoms with Crippen molar-refractivity contribution in [3.63, 3.8) is 0 Å². The maximum Gasteiger partial charge on any atom is 0.407 e. The number of nitrogens with zero attached hydrogens (tertiary/aromatic N) is 1. The first-order valence-electron chi connectivity index (χ1n) is 16.2. The molecule has 264 valence electrons. The Morgan fingerprint density at radius 2 is 1.33 bits per heavy atom. The zero-order valence-electron chi connectivity index (χ0n) is 29.0. The number of benzene rings is 2. The largest absolute Gasteiger partial charge is 0.459 e. The van der Waals surface area contributed by atoms with E-state index in [1.807, 2.05) is 60.7 Å². The van der Waals surface area contributed by atoms with Crippen LogP contribution in [-0.2, 0) is 36.8 Å². The van der Waals surface area contributed by atoms with Crippen molar-refractivity contribution in [3.05, 3.63) is 89.5 Å². The minimum Gasteiger partial charge on any atom is -0.459 e. The van der Waals surface area contributed by atoms with Gasteiger partial charge in [-0.1, -0.05) is 60.7 Å². The smallest absolute Gasteiger partial charge is 0.407 e. The summed E-state index contributed by atoms with van der Waals surface area (Å²) in [5.74, 6) is -2.87. The van der Waals surface area contributed by atoms with Crippen LogP contribution in [0.1, 0.15) is 92.9 Å². The number of amides is 3. The number of aromatic amines is 1. The molecule has 0 bridgehead atoms. The van der Waals surface area contributed by atoms with E-state index in [-0.39, 0.29) is 30.8 Å². The monoisotopic (exact) mass is 677 g/mol. The van der Waals surface area contributed by atoms with Gasteiger partial charge < -0.3 is 35.1 Å². The molecule has 4 N–H and O–H groups in total. The van der Waals surface area contributed by atoms with Crippen molar-refractivity contribution in [2.24, 2.45) is 0 Å². The molecule has 0 saturated heterocycles. The molecule has 2 atom stereocenters. The highest BCUT2D eigenvalue weighted by atomic mass is 16.6. The summed E-state index contributed by atoms with van der Waals surface area (Å²) in [7, 11) is 0. The lowest BCUT2D eigenvalue weighted by molar-refractivity contribution is -0.157. The van der Waals surface area contributed by atoms with E-state index >= 15 is 0 Å². The summed E-state index contributed by atoms with van der Waals surface area (Å²) in [6.07, 6.45) is 1.89. The lowest BCUT2D eigenvalue weighted by Gasteiger charge is -2.24. The van der Waals surface area contributed by atoms with Gasteiger partial charge in [-0.2, -0.15) is 0 Å². The molecule has 0 aliphatic heterocycles. The molecule has 1 heterocycles. The second kappa shape index (κ2) is 17.8. The highest BCUT2D eigenvalue weighted by molar-refractivity contribution is 6.06. The highest BCUT2D eigenvalue weighted by Gasteiger charge is 2.31. The molecule has 0 spiro atoms. The van der Waals surface area contributed by atoms with E-state index in [1.165, 1.54) is 6.33 Å². The Labute approximate surface area is 286 Å². The molecule has 1 aromatic heterocycles. The van der Waals surface area contributed by atoms with Crippen LogP contribution in [0.3, 0.4) is 0 Å². The Balaban J connectivity index is 1.69. The molecule has 3 aromatic rings. The van der Waals surface area contributed by atoms with Crippen LogP contribution < -0.4 is 16.0 Å². The van der Waals surface area contributed by atoms with Gasteiger partial charge in [0.2, 0.25) is 0 Å². The van der Waals surface area contributed by atoms with Crippen LogP contribution in [-0.4, -0.2) is 69.6 Å². The Bertz CT molecular complexity index is 1540. The number of carbonyl (C=O) groups excluding carboxylic acids is 5. The quantitative estimate of drug-likeness (QED) is 0.101. The molecule has 0 aliphatic carbocycles. The minimum atomic E-state index is -1.09. The third-order valence-electron chi connectivity index (χ3n) is 6.76. The molecular weight excluding hydrogens is 630 g/mol. The Morgan fingerprint density at radius 3 is 1.94 bits per heavy atom. The van der Waals surface area contributed by atoms with Crippen molar-refractivity contribution in [2.45, 2.75) is 97.1 Å². The summed E-state index contributed by atoms with van der Waals surface area (Å²) < 4.78 is 16.3. The number of nitrogens with one attached hydrogen (secondary N) is 4. The van der Waals surface area contributed by atoms with Gasteiger partial charge in [0.05, 0.1) is 6.33 Å². The standard InChI is InChI=1S/C36H47N5O8/c1-35(2,3)48-33(45)26(19-13-14-20-37-34(46)49-36(4,5)6)40-30(42)28-29(39-23-38-28)31(43)41-27(21-24-15-9-7-10-16-24)32(44)47-22-25-17-11-8-12-18-25/h7-12,15-18,23,26-27H,13-14,19-22H2,1-6H3,(H,37,46)(H,38,39)(H,40,42)(H,41,43). The van der Waals surface area contributed by atoms with Crippen molar-refractivity contribution in [2.75, 3.05) is 6.54 Å². The van der Waals surface area contributed by atoms with E-state index in [2.05, 4.69) is 25.9 Å². The molecule has 0 aliphatic rings. The average Bonchev–Trinajstić information content (AvgIpc) is 3.52. The second-order valence-electron chi connectivity index (χ2n) is 13.4. The molecule has 3 amide bonds. The second-order valence-corrected chi connectivity index (χ2v) is 13.4. The van der Waals surface area contributed by atoms with E-state index in [9.17, 15) is 24.0 Å². The van der Waals surface area contributed by atoms with Crippen LogP contribution in [0, 0.1) is 0 Å². The number of hydrogen-bond donors (Lipinski definition) is 4. The van der Waals surface area contributed by atoms with Gasteiger partial charge in [-0.05, 0) is 71.9 Å². The van der Waals surface area contributed by atoms with Crippen molar-refractivity contribution in [1.29, 1.82) is 0 Å². The SMILES string of the molecule is CC(C)(C)OC(=O)NCCCCC(NC(=O)c1[nH]cnc1C(=O)NC(Cc1ccccc1)C(=O)OCc1ccccc1)C(=O)OC(C)(C)C. The van der Waals surface area contributed by atoms with E-state index in [1.54, 1.807) is 41.5 Å². The minimum absolute atomic E-state index is 0.0139. The predicted octanol–water partition coefficient (Wildman–Crippen LogP) is 4.63. The van der Waals surface area contributed by atoms with Crippen LogP contribution in [0.15, 0.2) is 67.0 Å². The summed E-state index contributed by atoms with van der Waals surface area (Å²) in [6.45, 7) is 10.7. The summed E-state index contributed by atoms with van der Waals surface area (Å²) in [6, 6.07) is 16.1. The third kappa shape index (κ3) is 13.8. The molecule has 0 fully saturated rings. The molecular formula is C36H47N5O8. The van der Waals surface area contributed by atoms with Crippen LogP contribution in [0.25, 0.3) is 0 Å². The number of ether oxygens (including phenoxy) is 3. The highest BCUT2D eigenvalue weighted by Crippen LogP contribution is 2.14. The number of esters is 2. The van der Waals surface area contributed by atoms with Crippen LogP contribution >= 0.6 is 0 Å². The topological polar surface area (TPSA) is 178 Å². The molecule has 13 heteroatoms. The van der Waals surface area contributed by atoms with E-state index < -0.39 is 53.1 Å². The van der Waals surface area contributed by atoms with Gasteiger partial charge in [0, 0.05) is 13.0 Å². The fourth-order valence-electron chi connectivity index (χ4n) is 4.57. The molecule has 2 unspecified atom stereocenters. The first-order chi connectivity index (χ1) is 23.1. The van der Waals surface area contributed by atoms with Crippen LogP contribution in [0.4, 0.5) is 4.79 Å². The Hall–Kier alpha value is -5.20. The number of hydrogen-bond acceptors (Lipinski definition) is 9. The molecule has 2 aromatic carbocycles. The number of alkyl carbamates (subject to hydrolysis) is 1. The normalized spacial score (nSPS) is 12.6.